The zero-order valence-electron chi connectivity index (χ0n) is 9.97. The molecule has 1 aromatic carbocycles. The van der Waals surface area contributed by atoms with Gasteiger partial charge in [-0.3, -0.25) is 0 Å². The number of rotatable bonds is 2. The van der Waals surface area contributed by atoms with Gasteiger partial charge in [-0.15, -0.1) is 0 Å². The molecule has 4 nitrogen and oxygen atoms in total. The zero-order valence-corrected chi connectivity index (χ0v) is 9.97. The van der Waals surface area contributed by atoms with Crippen LogP contribution in [-0.2, 0) is 9.31 Å². The van der Waals surface area contributed by atoms with Crippen LogP contribution >= 0.6 is 0 Å². The third-order valence-electron chi connectivity index (χ3n) is 2.82. The number of carboxylic acid groups (broad SMARTS) is 1. The van der Waals surface area contributed by atoms with Crippen LogP contribution in [0.2, 0.25) is 0 Å². The van der Waals surface area contributed by atoms with Crippen LogP contribution in [0.25, 0.3) is 0 Å². The van der Waals surface area contributed by atoms with Gasteiger partial charge in [0.25, 0.3) is 0 Å². The Hall–Kier alpha value is -1.33. The first-order valence-electron chi connectivity index (χ1n) is 5.65. The van der Waals surface area contributed by atoms with Crippen LogP contribution in [0.15, 0.2) is 18.2 Å². The summed E-state index contributed by atoms with van der Waals surface area (Å²) in [4.78, 5) is 10.9. The molecule has 1 heterocycles. The van der Waals surface area contributed by atoms with Gasteiger partial charge in [0.05, 0.1) is 5.56 Å². The maximum absolute atomic E-state index is 10.9. The van der Waals surface area contributed by atoms with E-state index in [9.17, 15) is 4.79 Å². The van der Waals surface area contributed by atoms with Gasteiger partial charge < -0.3 is 14.4 Å². The molecule has 0 unspecified atom stereocenters. The molecule has 1 aliphatic heterocycles. The van der Waals surface area contributed by atoms with Crippen molar-refractivity contribution in [3.8, 4) is 0 Å². The van der Waals surface area contributed by atoms with Gasteiger partial charge in [0.15, 0.2) is 0 Å². The summed E-state index contributed by atoms with van der Waals surface area (Å²) in [6.45, 7) is 5.18. The second-order valence-electron chi connectivity index (χ2n) is 4.48. The lowest BCUT2D eigenvalue weighted by Gasteiger charge is -2.25. The fourth-order valence-corrected chi connectivity index (χ4v) is 1.87. The van der Waals surface area contributed by atoms with E-state index in [0.29, 0.717) is 24.7 Å². The highest BCUT2D eigenvalue weighted by atomic mass is 16.6. The van der Waals surface area contributed by atoms with Crippen molar-refractivity contribution in [3.63, 3.8) is 0 Å². The quantitative estimate of drug-likeness (QED) is 0.777. The number of hydrogen-bond donors (Lipinski definition) is 1. The topological polar surface area (TPSA) is 55.8 Å². The molecule has 0 spiro atoms. The number of carbonyl (C=O) groups is 1. The molecule has 0 aromatic heterocycles. The predicted octanol–water partition coefficient (Wildman–Crippen LogP) is 1.07. The lowest BCUT2D eigenvalue weighted by atomic mass is 9.76. The minimum absolute atomic E-state index is 0.318. The average Bonchev–Trinajstić information content (AvgIpc) is 2.29. The van der Waals surface area contributed by atoms with E-state index in [1.807, 2.05) is 6.07 Å². The molecule has 17 heavy (non-hydrogen) atoms. The summed E-state index contributed by atoms with van der Waals surface area (Å²) in [7, 11) is -0.368. The van der Waals surface area contributed by atoms with Crippen molar-refractivity contribution >= 4 is 18.6 Å². The molecule has 1 N–H and O–H groups in total. The van der Waals surface area contributed by atoms with Crippen LogP contribution in [0.4, 0.5) is 0 Å². The SMILES string of the molecule is Cc1cc(B2OCC(C)CO2)ccc1C(=O)O. The summed E-state index contributed by atoms with van der Waals surface area (Å²) >= 11 is 0. The number of carboxylic acids is 1. The Morgan fingerprint density at radius 1 is 1.41 bits per heavy atom. The molecule has 0 amide bonds. The average molecular weight is 234 g/mol. The van der Waals surface area contributed by atoms with E-state index in [1.165, 1.54) is 0 Å². The Labute approximate surface area is 101 Å². The van der Waals surface area contributed by atoms with E-state index < -0.39 is 5.97 Å². The monoisotopic (exact) mass is 234 g/mol. The first kappa shape index (κ1) is 12.1. The van der Waals surface area contributed by atoms with Crippen LogP contribution < -0.4 is 5.46 Å². The molecule has 0 atom stereocenters. The molecular weight excluding hydrogens is 219 g/mol. The van der Waals surface area contributed by atoms with Crippen LogP contribution in [0.5, 0.6) is 0 Å². The lowest BCUT2D eigenvalue weighted by Crippen LogP contribution is -2.43. The Kier molecular flexibility index (Phi) is 3.50. The maximum atomic E-state index is 10.9. The first-order chi connectivity index (χ1) is 8.08. The number of aryl methyl sites for hydroxylation is 1. The summed E-state index contributed by atoms with van der Waals surface area (Å²) in [5.74, 6) is -0.501. The van der Waals surface area contributed by atoms with Gasteiger partial charge >= 0.3 is 13.1 Å². The minimum Gasteiger partial charge on any atom is -0.478 e. The second kappa shape index (κ2) is 4.90. The fraction of sp³-hybridized carbons (Fsp3) is 0.417. The highest BCUT2D eigenvalue weighted by molar-refractivity contribution is 6.61. The van der Waals surface area contributed by atoms with E-state index in [0.717, 1.165) is 11.0 Å². The third-order valence-corrected chi connectivity index (χ3v) is 2.82. The molecule has 1 aliphatic rings. The molecule has 90 valence electrons. The van der Waals surface area contributed by atoms with Gasteiger partial charge in [-0.25, -0.2) is 4.79 Å². The van der Waals surface area contributed by atoms with Crippen molar-refractivity contribution in [2.24, 2.45) is 5.92 Å². The lowest BCUT2D eigenvalue weighted by molar-refractivity contribution is 0.0696. The highest BCUT2D eigenvalue weighted by Crippen LogP contribution is 2.11. The van der Waals surface area contributed by atoms with E-state index >= 15 is 0 Å². The highest BCUT2D eigenvalue weighted by Gasteiger charge is 2.27. The third kappa shape index (κ3) is 2.68. The summed E-state index contributed by atoms with van der Waals surface area (Å²) in [6, 6.07) is 5.15. The number of benzene rings is 1. The van der Waals surface area contributed by atoms with Crippen molar-refractivity contribution in [1.29, 1.82) is 0 Å². The minimum atomic E-state index is -0.909. The van der Waals surface area contributed by atoms with Gasteiger partial charge in [0.1, 0.15) is 0 Å². The Morgan fingerprint density at radius 3 is 2.59 bits per heavy atom. The molecule has 0 aliphatic carbocycles. The van der Waals surface area contributed by atoms with Gasteiger partial charge in [-0.05, 0) is 29.9 Å². The standard InChI is InChI=1S/C12H15BO4/c1-8-6-16-13(17-7-8)10-3-4-11(12(14)15)9(2)5-10/h3-5,8H,6-7H2,1-2H3,(H,14,15). The Bertz CT molecular complexity index is 425. The van der Waals surface area contributed by atoms with Crippen molar-refractivity contribution in [1.82, 2.24) is 0 Å². The van der Waals surface area contributed by atoms with Gasteiger partial charge in [0.2, 0.25) is 0 Å². The van der Waals surface area contributed by atoms with Gasteiger partial charge in [-0.1, -0.05) is 19.1 Å². The van der Waals surface area contributed by atoms with E-state index in [2.05, 4.69) is 6.92 Å². The largest absolute Gasteiger partial charge is 0.493 e. The van der Waals surface area contributed by atoms with Crippen molar-refractivity contribution in [3.05, 3.63) is 29.3 Å². The van der Waals surface area contributed by atoms with Crippen LogP contribution in [0, 0.1) is 12.8 Å². The summed E-state index contributed by atoms with van der Waals surface area (Å²) in [5, 5.41) is 8.94. The predicted molar refractivity (Wildman–Crippen MR) is 64.6 cm³/mol. The smallest absolute Gasteiger partial charge is 0.478 e. The van der Waals surface area contributed by atoms with Crippen molar-refractivity contribution in [2.75, 3.05) is 13.2 Å². The molecular formula is C12H15BO4. The second-order valence-corrected chi connectivity index (χ2v) is 4.48. The van der Waals surface area contributed by atoms with E-state index in [-0.39, 0.29) is 7.12 Å². The van der Waals surface area contributed by atoms with Crippen LogP contribution in [-0.4, -0.2) is 31.4 Å². The van der Waals surface area contributed by atoms with Crippen molar-refractivity contribution in [2.45, 2.75) is 13.8 Å². The van der Waals surface area contributed by atoms with Crippen LogP contribution in [0.1, 0.15) is 22.8 Å². The van der Waals surface area contributed by atoms with Crippen molar-refractivity contribution < 1.29 is 19.2 Å². The summed E-state index contributed by atoms with van der Waals surface area (Å²) in [6.07, 6.45) is 0. The maximum Gasteiger partial charge on any atom is 0.493 e. The molecule has 5 heteroatoms. The molecule has 1 saturated heterocycles. The number of aromatic carboxylic acids is 1. The fourth-order valence-electron chi connectivity index (χ4n) is 1.87. The van der Waals surface area contributed by atoms with Gasteiger partial charge in [-0.2, -0.15) is 0 Å². The van der Waals surface area contributed by atoms with E-state index in [4.69, 9.17) is 14.4 Å². The molecule has 1 fully saturated rings. The Morgan fingerprint density at radius 2 is 2.06 bits per heavy atom. The Balaban J connectivity index is 2.17. The molecule has 1 aromatic rings. The molecule has 0 bridgehead atoms. The first-order valence-corrected chi connectivity index (χ1v) is 5.65. The molecule has 0 saturated carbocycles. The van der Waals surface area contributed by atoms with Crippen LogP contribution in [0.3, 0.4) is 0 Å². The number of hydrogen-bond acceptors (Lipinski definition) is 3. The molecule has 0 radical (unpaired) electrons. The summed E-state index contributed by atoms with van der Waals surface area (Å²) in [5.41, 5.74) is 1.91. The molecule has 2 rings (SSSR count). The van der Waals surface area contributed by atoms with E-state index in [1.54, 1.807) is 19.1 Å². The normalized spacial score (nSPS) is 17.2. The zero-order chi connectivity index (χ0) is 12.4. The van der Waals surface area contributed by atoms with Gasteiger partial charge in [0, 0.05) is 13.2 Å². The summed E-state index contributed by atoms with van der Waals surface area (Å²) < 4.78 is 11.1.